The molecule has 0 bridgehead atoms. The van der Waals surface area contributed by atoms with Crippen molar-refractivity contribution in [1.82, 2.24) is 25.7 Å². The van der Waals surface area contributed by atoms with Crippen LogP contribution in [0.5, 0.6) is 0 Å². The molecule has 0 aliphatic carbocycles. The smallest absolute Gasteiger partial charge is 0.405 e. The molecule has 1 aliphatic rings. The fraction of sp³-hybridized carbons (Fsp3) is 0.400. The number of aromatic amines is 1. The van der Waals surface area contributed by atoms with Gasteiger partial charge in [0.05, 0.1) is 11.8 Å². The van der Waals surface area contributed by atoms with Crippen molar-refractivity contribution >= 4 is 29.5 Å². The van der Waals surface area contributed by atoms with Crippen molar-refractivity contribution in [2.45, 2.75) is 25.3 Å². The summed E-state index contributed by atoms with van der Waals surface area (Å²) in [7, 11) is 0. The van der Waals surface area contributed by atoms with Crippen molar-refractivity contribution in [3.8, 4) is 0 Å². The number of hydrogen-bond acceptors (Lipinski definition) is 4. The Morgan fingerprint density at radius 2 is 1.93 bits per heavy atom. The van der Waals surface area contributed by atoms with Gasteiger partial charge in [0.15, 0.2) is 0 Å². The quantitative estimate of drug-likeness (QED) is 0.530. The molecule has 0 saturated carbocycles. The Labute approximate surface area is 178 Å². The SMILES string of the molecule is O=C(O)NC(Cc1ccc(Cl)cc1)C(=O)N1CCC(CNC(=O)c2cn[nH]c2)CC1. The molecular weight excluding hydrogens is 410 g/mol. The van der Waals surface area contributed by atoms with Crippen LogP contribution in [0.25, 0.3) is 0 Å². The highest BCUT2D eigenvalue weighted by molar-refractivity contribution is 6.30. The minimum Gasteiger partial charge on any atom is -0.465 e. The summed E-state index contributed by atoms with van der Waals surface area (Å²) < 4.78 is 0. The van der Waals surface area contributed by atoms with E-state index in [0.717, 1.165) is 18.4 Å². The standard InChI is InChI=1S/C20H24ClN5O4/c21-16-3-1-13(2-4-16)9-17(25-20(29)30)19(28)26-7-5-14(6-8-26)10-22-18(27)15-11-23-24-12-15/h1-4,11-12,14,17,25H,5-10H2,(H,22,27)(H,23,24)(H,29,30). The maximum atomic E-state index is 12.9. The molecule has 0 spiro atoms. The third-order valence-corrected chi connectivity index (χ3v) is 5.44. The van der Waals surface area contributed by atoms with Crippen LogP contribution in [0.2, 0.25) is 5.02 Å². The van der Waals surface area contributed by atoms with Crippen LogP contribution in [-0.2, 0) is 11.2 Å². The van der Waals surface area contributed by atoms with Gasteiger partial charge >= 0.3 is 6.09 Å². The Bertz CT molecular complexity index is 864. The third kappa shape index (κ3) is 5.96. The zero-order chi connectivity index (χ0) is 21.5. The van der Waals surface area contributed by atoms with Crippen molar-refractivity contribution in [1.29, 1.82) is 0 Å². The average Bonchev–Trinajstić information content (AvgIpc) is 3.28. The van der Waals surface area contributed by atoms with E-state index in [0.29, 0.717) is 30.2 Å². The fourth-order valence-electron chi connectivity index (χ4n) is 3.50. The molecule has 0 radical (unpaired) electrons. The maximum absolute atomic E-state index is 12.9. The molecular formula is C20H24ClN5O4. The predicted molar refractivity (Wildman–Crippen MR) is 110 cm³/mol. The maximum Gasteiger partial charge on any atom is 0.405 e. The number of carboxylic acid groups (broad SMARTS) is 1. The van der Waals surface area contributed by atoms with Crippen LogP contribution in [0, 0.1) is 5.92 Å². The van der Waals surface area contributed by atoms with Crippen molar-refractivity contribution in [2.75, 3.05) is 19.6 Å². The minimum absolute atomic E-state index is 0.184. The lowest BCUT2D eigenvalue weighted by Crippen LogP contribution is -2.52. The van der Waals surface area contributed by atoms with Gasteiger partial charge in [-0.25, -0.2) is 4.79 Å². The highest BCUT2D eigenvalue weighted by Crippen LogP contribution is 2.19. The Hall–Kier alpha value is -3.07. The van der Waals surface area contributed by atoms with Gasteiger partial charge in [0.2, 0.25) is 5.91 Å². The van der Waals surface area contributed by atoms with E-state index in [1.807, 2.05) is 0 Å². The number of nitrogens with zero attached hydrogens (tertiary/aromatic N) is 2. The highest BCUT2D eigenvalue weighted by Gasteiger charge is 2.29. The third-order valence-electron chi connectivity index (χ3n) is 5.19. The Morgan fingerprint density at radius 1 is 1.23 bits per heavy atom. The number of benzene rings is 1. The van der Waals surface area contributed by atoms with Crippen molar-refractivity contribution in [3.05, 3.63) is 52.8 Å². The molecule has 160 valence electrons. The minimum atomic E-state index is -1.24. The summed E-state index contributed by atoms with van der Waals surface area (Å²) in [5.74, 6) is -0.170. The number of carbonyl (C=O) groups excluding carboxylic acids is 2. The predicted octanol–water partition coefficient (Wildman–Crippen LogP) is 1.91. The molecule has 1 atom stereocenters. The van der Waals surface area contributed by atoms with Crippen LogP contribution in [0.15, 0.2) is 36.7 Å². The van der Waals surface area contributed by atoms with E-state index in [-0.39, 0.29) is 24.2 Å². The fourth-order valence-corrected chi connectivity index (χ4v) is 3.62. The number of amides is 3. The Kier molecular flexibility index (Phi) is 7.29. The highest BCUT2D eigenvalue weighted by atomic mass is 35.5. The lowest BCUT2D eigenvalue weighted by Gasteiger charge is -2.34. The van der Waals surface area contributed by atoms with E-state index < -0.39 is 12.1 Å². The van der Waals surface area contributed by atoms with Crippen LogP contribution in [-0.4, -0.2) is 63.8 Å². The number of H-pyrrole nitrogens is 1. The molecule has 1 unspecified atom stereocenters. The first kappa shape index (κ1) is 21.6. The molecule has 1 aliphatic heterocycles. The summed E-state index contributed by atoms with van der Waals surface area (Å²) in [5.41, 5.74) is 1.30. The lowest BCUT2D eigenvalue weighted by molar-refractivity contribution is -0.134. The number of rotatable bonds is 7. The zero-order valence-corrected chi connectivity index (χ0v) is 17.1. The number of hydrogen-bond donors (Lipinski definition) is 4. The molecule has 1 aromatic carbocycles. The van der Waals surface area contributed by atoms with E-state index in [1.165, 1.54) is 12.4 Å². The van der Waals surface area contributed by atoms with E-state index >= 15 is 0 Å². The summed E-state index contributed by atoms with van der Waals surface area (Å²) in [6, 6.07) is 6.12. The number of piperidine rings is 1. The molecule has 2 aromatic rings. The van der Waals surface area contributed by atoms with E-state index in [4.69, 9.17) is 16.7 Å². The number of halogens is 1. The average molecular weight is 434 g/mol. The molecule has 10 heteroatoms. The van der Waals surface area contributed by atoms with E-state index in [9.17, 15) is 14.4 Å². The van der Waals surface area contributed by atoms with Gasteiger partial charge in [0.25, 0.3) is 5.91 Å². The first-order valence-electron chi connectivity index (χ1n) is 9.72. The van der Waals surface area contributed by atoms with E-state index in [1.54, 1.807) is 29.2 Å². The molecule has 9 nitrogen and oxygen atoms in total. The number of nitrogens with one attached hydrogen (secondary N) is 3. The van der Waals surface area contributed by atoms with Gasteiger partial charge in [-0.15, -0.1) is 0 Å². The molecule has 1 aromatic heterocycles. The van der Waals surface area contributed by atoms with Gasteiger partial charge in [-0.05, 0) is 36.5 Å². The van der Waals surface area contributed by atoms with Gasteiger partial charge < -0.3 is 20.6 Å². The zero-order valence-electron chi connectivity index (χ0n) is 16.3. The van der Waals surface area contributed by atoms with Crippen molar-refractivity contribution in [2.24, 2.45) is 5.92 Å². The van der Waals surface area contributed by atoms with Crippen molar-refractivity contribution < 1.29 is 19.5 Å². The molecule has 2 heterocycles. The molecule has 3 amide bonds. The second-order valence-corrected chi connectivity index (χ2v) is 7.73. The number of aromatic nitrogens is 2. The number of likely N-dealkylation sites (tertiary alicyclic amines) is 1. The van der Waals surface area contributed by atoms with Crippen LogP contribution >= 0.6 is 11.6 Å². The van der Waals surface area contributed by atoms with Crippen molar-refractivity contribution in [3.63, 3.8) is 0 Å². The second-order valence-electron chi connectivity index (χ2n) is 7.30. The first-order valence-corrected chi connectivity index (χ1v) is 10.1. The Balaban J connectivity index is 1.51. The van der Waals surface area contributed by atoms with Gasteiger partial charge in [0, 0.05) is 37.3 Å². The van der Waals surface area contributed by atoms with Crippen LogP contribution in [0.4, 0.5) is 4.79 Å². The summed E-state index contributed by atoms with van der Waals surface area (Å²) >= 11 is 5.89. The van der Waals surface area contributed by atoms with Gasteiger partial charge in [0.1, 0.15) is 6.04 Å². The molecule has 4 N–H and O–H groups in total. The second kappa shape index (κ2) is 10.1. The topological polar surface area (TPSA) is 127 Å². The first-order chi connectivity index (χ1) is 14.4. The monoisotopic (exact) mass is 433 g/mol. The lowest BCUT2D eigenvalue weighted by atomic mass is 9.95. The molecule has 3 rings (SSSR count). The number of carbonyl (C=O) groups is 3. The molecule has 30 heavy (non-hydrogen) atoms. The van der Waals surface area contributed by atoms with Crippen LogP contribution < -0.4 is 10.6 Å². The van der Waals surface area contributed by atoms with Gasteiger partial charge in [-0.3, -0.25) is 14.7 Å². The Morgan fingerprint density at radius 3 is 2.53 bits per heavy atom. The summed E-state index contributed by atoms with van der Waals surface area (Å²) in [4.78, 5) is 37.8. The molecule has 1 fully saturated rings. The summed E-state index contributed by atoms with van der Waals surface area (Å²) in [6.45, 7) is 1.56. The normalized spacial score (nSPS) is 15.4. The summed E-state index contributed by atoms with van der Waals surface area (Å²) in [5, 5.41) is 21.3. The van der Waals surface area contributed by atoms with Crippen LogP contribution in [0.3, 0.4) is 0 Å². The van der Waals surface area contributed by atoms with Gasteiger partial charge in [-0.1, -0.05) is 23.7 Å². The largest absolute Gasteiger partial charge is 0.465 e. The van der Waals surface area contributed by atoms with Gasteiger partial charge in [-0.2, -0.15) is 5.10 Å². The van der Waals surface area contributed by atoms with Crippen LogP contribution in [0.1, 0.15) is 28.8 Å². The van der Waals surface area contributed by atoms with E-state index in [2.05, 4.69) is 20.8 Å². The molecule has 1 saturated heterocycles. The summed E-state index contributed by atoms with van der Waals surface area (Å²) in [6.07, 6.45) is 3.48.